The third-order valence-electron chi connectivity index (χ3n) is 8.26. The minimum atomic E-state index is -1.03. The molecule has 1 N–H and O–H groups in total. The number of ether oxygens (including phenoxy) is 4. The Morgan fingerprint density at radius 1 is 1.03 bits per heavy atom. The van der Waals surface area contributed by atoms with Crippen molar-refractivity contribution in [3.05, 3.63) is 58.6 Å². The third-order valence-corrected chi connectivity index (χ3v) is 8.26. The molecule has 2 heterocycles. The Bertz CT molecular complexity index is 1070. The zero-order chi connectivity index (χ0) is 26.6. The maximum Gasteiger partial charge on any atom is 0.326 e. The highest BCUT2D eigenvalue weighted by Crippen LogP contribution is 2.43. The van der Waals surface area contributed by atoms with Crippen molar-refractivity contribution in [1.29, 1.82) is 0 Å². The lowest BCUT2D eigenvalue weighted by molar-refractivity contribution is -0.159. The van der Waals surface area contributed by atoms with Gasteiger partial charge < -0.3 is 29.0 Å². The van der Waals surface area contributed by atoms with E-state index >= 15 is 0 Å². The highest BCUT2D eigenvalue weighted by Gasteiger charge is 2.44. The molecule has 2 aliphatic carbocycles. The van der Waals surface area contributed by atoms with Gasteiger partial charge in [0.25, 0.3) is 5.91 Å². The highest BCUT2D eigenvalue weighted by molar-refractivity contribution is 5.88. The molecule has 1 aromatic rings. The number of amides is 1. The van der Waals surface area contributed by atoms with Crippen LogP contribution in [0, 0.1) is 5.92 Å². The Balaban J connectivity index is 1.46. The minimum absolute atomic E-state index is 0.00633. The lowest BCUT2D eigenvalue weighted by Gasteiger charge is -2.42. The summed E-state index contributed by atoms with van der Waals surface area (Å²) in [6.07, 6.45) is 5.61. The van der Waals surface area contributed by atoms with Crippen molar-refractivity contribution in [3.8, 4) is 0 Å². The first-order valence-electron chi connectivity index (χ1n) is 13.9. The van der Waals surface area contributed by atoms with Gasteiger partial charge in [0.15, 0.2) is 11.9 Å². The van der Waals surface area contributed by atoms with Gasteiger partial charge >= 0.3 is 5.97 Å². The second-order valence-electron chi connectivity index (χ2n) is 10.9. The summed E-state index contributed by atoms with van der Waals surface area (Å²) in [6.45, 7) is 3.61. The average Bonchev–Trinajstić information content (AvgIpc) is 3.45. The van der Waals surface area contributed by atoms with Crippen molar-refractivity contribution in [1.82, 2.24) is 4.90 Å². The van der Waals surface area contributed by atoms with Crippen molar-refractivity contribution >= 4 is 11.9 Å². The molecule has 1 saturated carbocycles. The molecule has 0 aromatic heterocycles. The zero-order valence-electron chi connectivity index (χ0n) is 22.4. The van der Waals surface area contributed by atoms with E-state index in [-0.39, 0.29) is 37.0 Å². The normalized spacial score (nSPS) is 25.8. The molecule has 2 unspecified atom stereocenters. The van der Waals surface area contributed by atoms with Crippen molar-refractivity contribution in [3.63, 3.8) is 0 Å². The third kappa shape index (κ3) is 5.61. The van der Waals surface area contributed by atoms with E-state index in [1.807, 2.05) is 30.3 Å². The van der Waals surface area contributed by atoms with Crippen LogP contribution in [0.5, 0.6) is 0 Å². The Morgan fingerprint density at radius 3 is 2.39 bits per heavy atom. The van der Waals surface area contributed by atoms with Crippen LogP contribution in [-0.4, -0.2) is 67.0 Å². The summed E-state index contributed by atoms with van der Waals surface area (Å²) >= 11 is 0. The fraction of sp³-hybridized carbons (Fsp3) is 0.600. The minimum Gasteiger partial charge on any atom is -0.497 e. The average molecular weight is 526 g/mol. The summed E-state index contributed by atoms with van der Waals surface area (Å²) in [5, 5.41) is 10.3. The number of allylic oxidation sites excluding steroid dienone is 2. The smallest absolute Gasteiger partial charge is 0.326 e. The predicted molar refractivity (Wildman–Crippen MR) is 140 cm³/mol. The number of nitrogens with zero attached hydrogens (tertiary/aromatic N) is 1. The fourth-order valence-corrected chi connectivity index (χ4v) is 6.25. The quantitative estimate of drug-likeness (QED) is 0.523. The van der Waals surface area contributed by atoms with Crippen molar-refractivity contribution in [2.24, 2.45) is 5.92 Å². The molecule has 1 amide bonds. The molecule has 38 heavy (non-hydrogen) atoms. The molecule has 1 aromatic carbocycles. The molecule has 0 bridgehead atoms. The lowest BCUT2D eigenvalue weighted by atomic mass is 9.81. The lowest BCUT2D eigenvalue weighted by Crippen LogP contribution is -2.52. The van der Waals surface area contributed by atoms with Crippen molar-refractivity contribution in [2.75, 3.05) is 26.9 Å². The Kier molecular flexibility index (Phi) is 8.39. The van der Waals surface area contributed by atoms with Crippen LogP contribution in [0.2, 0.25) is 0 Å². The number of rotatable bonds is 8. The Labute approximate surface area is 224 Å². The summed E-state index contributed by atoms with van der Waals surface area (Å²) < 4.78 is 24.2. The SMILES string of the molecule is COC1=C(OC2CCOCC2)C2=C(CC1C)CN(C(=O)C(OC1CCCC1)c1ccccc1)[C@H](C(=O)O)C2. The van der Waals surface area contributed by atoms with E-state index in [2.05, 4.69) is 6.92 Å². The van der Waals surface area contributed by atoms with E-state index in [0.29, 0.717) is 25.4 Å². The highest BCUT2D eigenvalue weighted by atomic mass is 16.5. The van der Waals surface area contributed by atoms with Crippen molar-refractivity contribution < 1.29 is 33.6 Å². The maximum atomic E-state index is 14.1. The standard InChI is InChI=1S/C30H39NO7/c1-19-16-21-18-31(29(32)27(20-8-4-3-5-9-20)37-22-10-6-7-11-22)25(30(33)34)17-24(21)28(26(19)35-2)38-23-12-14-36-15-13-23/h3-5,8-9,19,22-23,25,27H,6-7,10-18H2,1-2H3,(H,33,34)/t19?,25-,27?/m0/s1. The monoisotopic (exact) mass is 525 g/mol. The molecule has 2 aliphatic heterocycles. The van der Waals surface area contributed by atoms with E-state index in [1.165, 1.54) is 4.90 Å². The Hall–Kier alpha value is -2.84. The maximum absolute atomic E-state index is 14.1. The summed E-state index contributed by atoms with van der Waals surface area (Å²) in [7, 11) is 1.64. The van der Waals surface area contributed by atoms with Crippen LogP contribution in [0.3, 0.4) is 0 Å². The molecular formula is C30H39NO7. The van der Waals surface area contributed by atoms with Crippen LogP contribution in [0.4, 0.5) is 0 Å². The number of hydrogen-bond donors (Lipinski definition) is 1. The topological polar surface area (TPSA) is 94.5 Å². The fourth-order valence-electron chi connectivity index (χ4n) is 6.25. The molecule has 8 nitrogen and oxygen atoms in total. The van der Waals surface area contributed by atoms with E-state index in [1.54, 1.807) is 7.11 Å². The number of carboxylic acid groups (broad SMARTS) is 1. The predicted octanol–water partition coefficient (Wildman–Crippen LogP) is 4.76. The van der Waals surface area contributed by atoms with Gasteiger partial charge in [0.05, 0.1) is 26.4 Å². The molecular weight excluding hydrogens is 486 g/mol. The molecule has 8 heteroatoms. The number of carbonyl (C=O) groups is 2. The van der Waals surface area contributed by atoms with E-state index in [4.69, 9.17) is 18.9 Å². The number of hydrogen-bond acceptors (Lipinski definition) is 6. The van der Waals surface area contributed by atoms with Crippen LogP contribution in [0.1, 0.15) is 70.0 Å². The second kappa shape index (κ2) is 11.9. The van der Waals surface area contributed by atoms with Crippen LogP contribution < -0.4 is 0 Å². The molecule has 0 spiro atoms. The van der Waals surface area contributed by atoms with Crippen LogP contribution in [0.25, 0.3) is 0 Å². The molecule has 1 saturated heterocycles. The first kappa shape index (κ1) is 26.8. The Morgan fingerprint density at radius 2 is 1.74 bits per heavy atom. The summed E-state index contributed by atoms with van der Waals surface area (Å²) in [5.74, 6) is 0.162. The zero-order valence-corrected chi connectivity index (χ0v) is 22.4. The van der Waals surface area contributed by atoms with Gasteiger partial charge in [-0.2, -0.15) is 0 Å². The first-order valence-corrected chi connectivity index (χ1v) is 13.9. The van der Waals surface area contributed by atoms with Gasteiger partial charge in [0.2, 0.25) is 0 Å². The number of benzene rings is 1. The van der Waals surface area contributed by atoms with Crippen LogP contribution >= 0.6 is 0 Å². The molecule has 2 fully saturated rings. The molecule has 206 valence electrons. The van der Waals surface area contributed by atoms with Crippen LogP contribution in [-0.2, 0) is 28.5 Å². The second-order valence-corrected chi connectivity index (χ2v) is 10.9. The first-order chi connectivity index (χ1) is 18.5. The van der Waals surface area contributed by atoms with E-state index < -0.39 is 18.1 Å². The number of carboxylic acids is 1. The summed E-state index contributed by atoms with van der Waals surface area (Å²) in [4.78, 5) is 28.2. The van der Waals surface area contributed by atoms with Crippen LogP contribution in [0.15, 0.2) is 53.0 Å². The van der Waals surface area contributed by atoms with Gasteiger partial charge in [0, 0.05) is 37.3 Å². The molecule has 3 atom stereocenters. The van der Waals surface area contributed by atoms with Gasteiger partial charge in [-0.25, -0.2) is 4.79 Å². The van der Waals surface area contributed by atoms with Crippen molar-refractivity contribution in [2.45, 2.75) is 82.6 Å². The molecule has 5 rings (SSSR count). The summed E-state index contributed by atoms with van der Waals surface area (Å²) in [6, 6.07) is 8.44. The largest absolute Gasteiger partial charge is 0.497 e. The number of aliphatic carboxylic acids is 1. The van der Waals surface area contributed by atoms with Gasteiger partial charge in [-0.05, 0) is 30.4 Å². The molecule has 4 aliphatic rings. The van der Waals surface area contributed by atoms with Gasteiger partial charge in [0.1, 0.15) is 17.9 Å². The van der Waals surface area contributed by atoms with Gasteiger partial charge in [-0.1, -0.05) is 50.1 Å². The van der Waals surface area contributed by atoms with E-state index in [9.17, 15) is 14.7 Å². The summed E-state index contributed by atoms with van der Waals surface area (Å²) in [5.41, 5.74) is 2.67. The van der Waals surface area contributed by atoms with Gasteiger partial charge in [-0.15, -0.1) is 0 Å². The van der Waals surface area contributed by atoms with E-state index in [0.717, 1.165) is 61.0 Å². The number of carbonyl (C=O) groups excluding carboxylic acids is 1. The number of methoxy groups -OCH3 is 1. The van der Waals surface area contributed by atoms with Gasteiger partial charge in [-0.3, -0.25) is 4.79 Å². The molecule has 0 radical (unpaired) electrons.